The van der Waals surface area contributed by atoms with Crippen molar-refractivity contribution in [2.45, 2.75) is 26.2 Å². The molecule has 0 unspecified atom stereocenters. The van der Waals surface area contributed by atoms with E-state index >= 15 is 0 Å². The average molecular weight is 189 g/mol. The van der Waals surface area contributed by atoms with E-state index in [0.717, 1.165) is 30.9 Å². The Morgan fingerprint density at radius 2 is 2.36 bits per heavy atom. The molecule has 1 aromatic rings. The first-order valence-electron chi connectivity index (χ1n) is 4.85. The number of aryl methyl sites for hydroxylation is 1. The summed E-state index contributed by atoms with van der Waals surface area (Å²) in [7, 11) is 0. The van der Waals surface area contributed by atoms with Crippen LogP contribution < -0.4 is 5.32 Å². The van der Waals surface area contributed by atoms with Crippen LogP contribution in [0.2, 0.25) is 0 Å². The van der Waals surface area contributed by atoms with Crippen LogP contribution in [0.25, 0.3) is 0 Å². The monoisotopic (exact) mass is 189 g/mol. The smallest absolute Gasteiger partial charge is 0.129 e. The van der Waals surface area contributed by atoms with Gasteiger partial charge < -0.3 is 5.32 Å². The maximum Gasteiger partial charge on any atom is 0.129 e. The first-order valence-corrected chi connectivity index (χ1v) is 4.85. The normalized spacial score (nSPS) is 9.43. The first kappa shape index (κ1) is 10.5. The molecule has 74 valence electrons. The molecule has 0 aliphatic rings. The quantitative estimate of drug-likeness (QED) is 0.567. The Balaban J connectivity index is 2.51. The lowest BCUT2D eigenvalue weighted by Crippen LogP contribution is -2.03. The van der Waals surface area contributed by atoms with Gasteiger partial charge in [0.2, 0.25) is 0 Å². The van der Waals surface area contributed by atoms with Gasteiger partial charge in [-0.1, -0.05) is 13.3 Å². The molecule has 1 aromatic heterocycles. The molecule has 0 aliphatic heterocycles. The highest BCUT2D eigenvalue weighted by Gasteiger charge is 1.96. The van der Waals surface area contributed by atoms with Crippen molar-refractivity contribution in [3.05, 3.63) is 18.1 Å². The van der Waals surface area contributed by atoms with E-state index in [0.29, 0.717) is 6.42 Å². The maximum absolute atomic E-state index is 5.15. The number of anilines is 1. The third-order valence-corrected chi connectivity index (χ3v) is 1.81. The van der Waals surface area contributed by atoms with Crippen LogP contribution in [0.1, 0.15) is 25.5 Å². The molecular weight excluding hydrogens is 174 g/mol. The summed E-state index contributed by atoms with van der Waals surface area (Å²) >= 11 is 0. The zero-order valence-electron chi connectivity index (χ0n) is 8.45. The largest absolute Gasteiger partial charge is 0.369 e. The molecule has 0 amide bonds. The topological polar surface area (TPSA) is 37.8 Å². The summed E-state index contributed by atoms with van der Waals surface area (Å²) in [4.78, 5) is 8.27. The number of rotatable bonds is 5. The number of terminal acetylenes is 1. The number of hydrogen-bond donors (Lipinski definition) is 1. The molecule has 0 saturated heterocycles. The molecule has 0 bridgehead atoms. The summed E-state index contributed by atoms with van der Waals surface area (Å²) in [6.07, 6.45) is 9.54. The van der Waals surface area contributed by atoms with E-state index in [1.54, 1.807) is 6.33 Å². The molecule has 0 fully saturated rings. The molecule has 14 heavy (non-hydrogen) atoms. The van der Waals surface area contributed by atoms with Crippen molar-refractivity contribution in [2.24, 2.45) is 0 Å². The van der Waals surface area contributed by atoms with Gasteiger partial charge in [-0.2, -0.15) is 0 Å². The predicted octanol–water partition coefficient (Wildman–Crippen LogP) is 1.86. The van der Waals surface area contributed by atoms with Gasteiger partial charge in [0.1, 0.15) is 12.1 Å². The van der Waals surface area contributed by atoms with Gasteiger partial charge in [0, 0.05) is 24.7 Å². The number of aromatic nitrogens is 2. The molecule has 3 heteroatoms. The first-order chi connectivity index (χ1) is 6.86. The zero-order chi connectivity index (χ0) is 10.2. The van der Waals surface area contributed by atoms with Gasteiger partial charge in [-0.25, -0.2) is 9.97 Å². The van der Waals surface area contributed by atoms with Crippen molar-refractivity contribution in [1.29, 1.82) is 0 Å². The molecular formula is C11H15N3. The number of nitrogens with zero attached hydrogens (tertiary/aromatic N) is 2. The van der Waals surface area contributed by atoms with E-state index in [-0.39, 0.29) is 0 Å². The van der Waals surface area contributed by atoms with Crippen LogP contribution in [0.5, 0.6) is 0 Å². The minimum atomic E-state index is 0.715. The van der Waals surface area contributed by atoms with Gasteiger partial charge >= 0.3 is 0 Å². The summed E-state index contributed by atoms with van der Waals surface area (Å²) in [6.45, 7) is 2.90. The lowest BCUT2D eigenvalue weighted by Gasteiger charge is -2.04. The molecule has 0 aromatic carbocycles. The van der Waals surface area contributed by atoms with Crippen molar-refractivity contribution < 1.29 is 0 Å². The van der Waals surface area contributed by atoms with Crippen molar-refractivity contribution in [3.8, 4) is 12.3 Å². The van der Waals surface area contributed by atoms with Crippen LogP contribution in [0, 0.1) is 12.3 Å². The van der Waals surface area contributed by atoms with E-state index in [1.807, 2.05) is 6.07 Å². The Bertz CT molecular complexity index is 315. The third-order valence-electron chi connectivity index (χ3n) is 1.81. The van der Waals surface area contributed by atoms with Gasteiger partial charge in [0.15, 0.2) is 0 Å². The van der Waals surface area contributed by atoms with Gasteiger partial charge in [0.05, 0.1) is 0 Å². The fourth-order valence-corrected chi connectivity index (χ4v) is 1.15. The molecule has 0 aliphatic carbocycles. The average Bonchev–Trinajstić information content (AvgIpc) is 2.19. The summed E-state index contributed by atoms with van der Waals surface area (Å²) in [6, 6.07) is 1.97. The molecule has 1 heterocycles. The molecule has 0 saturated carbocycles. The highest BCUT2D eigenvalue weighted by Crippen LogP contribution is 2.05. The van der Waals surface area contributed by atoms with Crippen molar-refractivity contribution in [3.63, 3.8) is 0 Å². The van der Waals surface area contributed by atoms with Crippen LogP contribution in [-0.4, -0.2) is 16.5 Å². The number of nitrogens with one attached hydrogen (secondary N) is 1. The van der Waals surface area contributed by atoms with Gasteiger partial charge in [-0.15, -0.1) is 12.3 Å². The van der Waals surface area contributed by atoms with E-state index in [1.165, 1.54) is 0 Å². The molecule has 0 atom stereocenters. The Hall–Kier alpha value is -1.56. The van der Waals surface area contributed by atoms with Crippen LogP contribution in [0.4, 0.5) is 5.82 Å². The lowest BCUT2D eigenvalue weighted by atomic mass is 10.2. The molecule has 1 rings (SSSR count). The van der Waals surface area contributed by atoms with E-state index in [4.69, 9.17) is 6.42 Å². The van der Waals surface area contributed by atoms with E-state index < -0.39 is 0 Å². The minimum Gasteiger partial charge on any atom is -0.369 e. The molecule has 3 nitrogen and oxygen atoms in total. The molecule has 1 N–H and O–H groups in total. The Labute approximate surface area is 85.0 Å². The molecule has 0 radical (unpaired) electrons. The summed E-state index contributed by atoms with van der Waals surface area (Å²) < 4.78 is 0. The highest BCUT2D eigenvalue weighted by molar-refractivity contribution is 5.34. The summed E-state index contributed by atoms with van der Waals surface area (Å²) in [5, 5.41) is 3.15. The Morgan fingerprint density at radius 1 is 1.50 bits per heavy atom. The van der Waals surface area contributed by atoms with E-state index in [2.05, 4.69) is 28.1 Å². The standard InChI is InChI=1S/C11H15N3/c1-3-5-7-12-11-8-10(6-4-2)13-9-14-11/h1,8-9H,4-7H2,2H3,(H,12,13,14). The van der Waals surface area contributed by atoms with Gasteiger partial charge in [-0.05, 0) is 6.42 Å². The van der Waals surface area contributed by atoms with Crippen molar-refractivity contribution in [2.75, 3.05) is 11.9 Å². The Morgan fingerprint density at radius 3 is 3.07 bits per heavy atom. The zero-order valence-corrected chi connectivity index (χ0v) is 8.45. The SMILES string of the molecule is C#CCCNc1cc(CCC)ncn1. The minimum absolute atomic E-state index is 0.715. The second-order valence-electron chi connectivity index (χ2n) is 3.03. The second kappa shape index (κ2) is 5.98. The van der Waals surface area contributed by atoms with Crippen LogP contribution in [-0.2, 0) is 6.42 Å². The van der Waals surface area contributed by atoms with Gasteiger partial charge in [-0.3, -0.25) is 0 Å². The van der Waals surface area contributed by atoms with Crippen molar-refractivity contribution >= 4 is 5.82 Å². The summed E-state index contributed by atoms with van der Waals surface area (Å²) in [5.74, 6) is 3.43. The lowest BCUT2D eigenvalue weighted by molar-refractivity contribution is 0.871. The van der Waals surface area contributed by atoms with Crippen LogP contribution in [0.3, 0.4) is 0 Å². The van der Waals surface area contributed by atoms with E-state index in [9.17, 15) is 0 Å². The molecule has 0 spiro atoms. The highest BCUT2D eigenvalue weighted by atomic mass is 15.0. The fourth-order valence-electron chi connectivity index (χ4n) is 1.15. The Kier molecular flexibility index (Phi) is 4.49. The van der Waals surface area contributed by atoms with Crippen LogP contribution >= 0.6 is 0 Å². The number of hydrogen-bond acceptors (Lipinski definition) is 3. The fraction of sp³-hybridized carbons (Fsp3) is 0.455. The third kappa shape index (κ3) is 3.44. The second-order valence-corrected chi connectivity index (χ2v) is 3.03. The summed E-state index contributed by atoms with van der Waals surface area (Å²) in [5.41, 5.74) is 1.07. The van der Waals surface area contributed by atoms with Crippen LogP contribution in [0.15, 0.2) is 12.4 Å². The van der Waals surface area contributed by atoms with Crippen molar-refractivity contribution in [1.82, 2.24) is 9.97 Å². The predicted molar refractivity (Wildman–Crippen MR) is 58.0 cm³/mol. The maximum atomic E-state index is 5.15. The van der Waals surface area contributed by atoms with Gasteiger partial charge in [0.25, 0.3) is 0 Å².